The SMILES string of the molecule is CCCNC(COCCC1CC1)(C(=O)OCC)C1CC1. The largest absolute Gasteiger partial charge is 0.465 e. The summed E-state index contributed by atoms with van der Waals surface area (Å²) in [5, 5.41) is 3.43. The minimum absolute atomic E-state index is 0.123. The second-order valence-electron chi connectivity index (χ2n) is 6.18. The predicted octanol–water partition coefficient (Wildman–Crippen LogP) is 2.51. The van der Waals surface area contributed by atoms with Crippen molar-refractivity contribution in [2.24, 2.45) is 11.8 Å². The maximum Gasteiger partial charge on any atom is 0.329 e. The quantitative estimate of drug-likeness (QED) is 0.467. The lowest BCUT2D eigenvalue weighted by molar-refractivity contribution is -0.155. The Balaban J connectivity index is 1.89. The van der Waals surface area contributed by atoms with Crippen LogP contribution >= 0.6 is 0 Å². The lowest BCUT2D eigenvalue weighted by Gasteiger charge is -2.32. The number of carbonyl (C=O) groups is 1. The molecular formula is C16H29NO3. The lowest BCUT2D eigenvalue weighted by atomic mass is 9.93. The number of rotatable bonds is 11. The average Bonchev–Trinajstić information content (AvgIpc) is 3.30. The van der Waals surface area contributed by atoms with Crippen LogP contribution in [0.3, 0.4) is 0 Å². The van der Waals surface area contributed by atoms with Gasteiger partial charge in [0.25, 0.3) is 0 Å². The van der Waals surface area contributed by atoms with Crippen molar-refractivity contribution in [3.05, 3.63) is 0 Å². The van der Waals surface area contributed by atoms with Crippen LogP contribution in [-0.4, -0.2) is 37.9 Å². The van der Waals surface area contributed by atoms with E-state index in [0.717, 1.165) is 44.8 Å². The Bertz CT molecular complexity index is 313. The molecular weight excluding hydrogens is 254 g/mol. The highest BCUT2D eigenvalue weighted by molar-refractivity contribution is 5.82. The lowest BCUT2D eigenvalue weighted by Crippen LogP contribution is -2.58. The molecule has 0 aromatic rings. The number of hydrogen-bond donors (Lipinski definition) is 1. The van der Waals surface area contributed by atoms with E-state index in [1.165, 1.54) is 12.8 Å². The van der Waals surface area contributed by atoms with Crippen molar-refractivity contribution in [1.82, 2.24) is 5.32 Å². The van der Waals surface area contributed by atoms with Crippen LogP contribution < -0.4 is 5.32 Å². The molecule has 2 fully saturated rings. The van der Waals surface area contributed by atoms with Crippen LogP contribution in [0, 0.1) is 11.8 Å². The van der Waals surface area contributed by atoms with Gasteiger partial charge in [-0.15, -0.1) is 0 Å². The number of esters is 1. The maximum atomic E-state index is 12.4. The minimum atomic E-state index is -0.602. The Morgan fingerprint density at radius 3 is 2.55 bits per heavy atom. The monoisotopic (exact) mass is 283 g/mol. The third-order valence-electron chi connectivity index (χ3n) is 4.30. The molecule has 0 radical (unpaired) electrons. The van der Waals surface area contributed by atoms with Crippen LogP contribution in [0.15, 0.2) is 0 Å². The minimum Gasteiger partial charge on any atom is -0.465 e. The van der Waals surface area contributed by atoms with E-state index < -0.39 is 5.54 Å². The number of ether oxygens (including phenoxy) is 2. The Labute approximate surface area is 122 Å². The van der Waals surface area contributed by atoms with Crippen LogP contribution in [0.25, 0.3) is 0 Å². The van der Waals surface area contributed by atoms with Crippen LogP contribution in [0.5, 0.6) is 0 Å². The van der Waals surface area contributed by atoms with Gasteiger partial charge in [0, 0.05) is 6.61 Å². The zero-order valence-corrected chi connectivity index (χ0v) is 13.0. The number of carbonyl (C=O) groups excluding carboxylic acids is 1. The topological polar surface area (TPSA) is 47.6 Å². The molecule has 0 aromatic heterocycles. The smallest absolute Gasteiger partial charge is 0.329 e. The Morgan fingerprint density at radius 1 is 1.25 bits per heavy atom. The third kappa shape index (κ3) is 4.19. The summed E-state index contributed by atoms with van der Waals surface area (Å²) >= 11 is 0. The molecule has 4 nitrogen and oxygen atoms in total. The fourth-order valence-corrected chi connectivity index (χ4v) is 2.68. The van der Waals surface area contributed by atoms with E-state index in [1.54, 1.807) is 0 Å². The van der Waals surface area contributed by atoms with Crippen LogP contribution in [-0.2, 0) is 14.3 Å². The van der Waals surface area contributed by atoms with Crippen molar-refractivity contribution >= 4 is 5.97 Å². The van der Waals surface area contributed by atoms with Crippen molar-refractivity contribution in [3.8, 4) is 0 Å². The molecule has 116 valence electrons. The zero-order valence-electron chi connectivity index (χ0n) is 13.0. The summed E-state index contributed by atoms with van der Waals surface area (Å²) in [6.45, 7) is 6.48. The normalized spacial score (nSPS) is 21.5. The third-order valence-corrected chi connectivity index (χ3v) is 4.30. The molecule has 20 heavy (non-hydrogen) atoms. The first-order chi connectivity index (χ1) is 9.73. The van der Waals surface area contributed by atoms with Crippen LogP contribution in [0.1, 0.15) is 52.4 Å². The van der Waals surface area contributed by atoms with E-state index in [-0.39, 0.29) is 5.97 Å². The summed E-state index contributed by atoms with van der Waals surface area (Å²) < 4.78 is 11.2. The van der Waals surface area contributed by atoms with Crippen molar-refractivity contribution in [2.75, 3.05) is 26.4 Å². The summed E-state index contributed by atoms with van der Waals surface area (Å²) in [6, 6.07) is 0. The molecule has 0 heterocycles. The molecule has 0 saturated heterocycles. The van der Waals surface area contributed by atoms with Crippen molar-refractivity contribution in [1.29, 1.82) is 0 Å². The molecule has 2 saturated carbocycles. The highest BCUT2D eigenvalue weighted by atomic mass is 16.5. The summed E-state index contributed by atoms with van der Waals surface area (Å²) in [5.41, 5.74) is -0.602. The zero-order chi connectivity index (χ0) is 14.4. The second-order valence-corrected chi connectivity index (χ2v) is 6.18. The van der Waals surface area contributed by atoms with E-state index in [0.29, 0.717) is 19.1 Å². The molecule has 0 aromatic carbocycles. The van der Waals surface area contributed by atoms with Gasteiger partial charge in [-0.05, 0) is 51.0 Å². The van der Waals surface area contributed by atoms with Gasteiger partial charge in [0.1, 0.15) is 5.54 Å². The molecule has 2 rings (SSSR count). The highest BCUT2D eigenvalue weighted by Gasteiger charge is 2.52. The maximum absolute atomic E-state index is 12.4. The Hall–Kier alpha value is -0.610. The molecule has 0 amide bonds. The van der Waals surface area contributed by atoms with E-state index in [2.05, 4.69) is 12.2 Å². The number of nitrogens with one attached hydrogen (secondary N) is 1. The van der Waals surface area contributed by atoms with Crippen molar-refractivity contribution < 1.29 is 14.3 Å². The molecule has 2 aliphatic carbocycles. The fourth-order valence-electron chi connectivity index (χ4n) is 2.68. The van der Waals surface area contributed by atoms with Gasteiger partial charge in [-0.3, -0.25) is 5.32 Å². The first kappa shape index (κ1) is 15.8. The molecule has 1 unspecified atom stereocenters. The summed E-state index contributed by atoms with van der Waals surface area (Å²) in [7, 11) is 0. The van der Waals surface area contributed by atoms with Gasteiger partial charge in [-0.1, -0.05) is 19.8 Å². The predicted molar refractivity (Wildman–Crippen MR) is 78.5 cm³/mol. The van der Waals surface area contributed by atoms with E-state index in [1.807, 2.05) is 6.92 Å². The molecule has 2 aliphatic rings. The van der Waals surface area contributed by atoms with E-state index >= 15 is 0 Å². The van der Waals surface area contributed by atoms with Gasteiger partial charge in [0.05, 0.1) is 13.2 Å². The first-order valence-electron chi connectivity index (χ1n) is 8.23. The molecule has 0 aliphatic heterocycles. The van der Waals surface area contributed by atoms with E-state index in [9.17, 15) is 4.79 Å². The van der Waals surface area contributed by atoms with Crippen molar-refractivity contribution in [2.45, 2.75) is 57.9 Å². The Kier molecular flexibility index (Phi) is 5.85. The van der Waals surface area contributed by atoms with Gasteiger partial charge in [-0.25, -0.2) is 4.79 Å². The van der Waals surface area contributed by atoms with Crippen molar-refractivity contribution in [3.63, 3.8) is 0 Å². The average molecular weight is 283 g/mol. The summed E-state index contributed by atoms with van der Waals surface area (Å²) in [4.78, 5) is 12.4. The Morgan fingerprint density at radius 2 is 2.00 bits per heavy atom. The van der Waals surface area contributed by atoms with Crippen LogP contribution in [0.2, 0.25) is 0 Å². The van der Waals surface area contributed by atoms with Gasteiger partial charge >= 0.3 is 5.97 Å². The standard InChI is InChI=1S/C16H29NO3/c1-3-10-17-16(14-7-8-14,15(18)20-4-2)12-19-11-9-13-5-6-13/h13-14,17H,3-12H2,1-2H3. The molecule has 1 atom stereocenters. The van der Waals surface area contributed by atoms with Crippen LogP contribution in [0.4, 0.5) is 0 Å². The second kappa shape index (κ2) is 7.41. The van der Waals surface area contributed by atoms with Gasteiger partial charge in [-0.2, -0.15) is 0 Å². The molecule has 0 bridgehead atoms. The van der Waals surface area contributed by atoms with Gasteiger partial charge in [0.2, 0.25) is 0 Å². The van der Waals surface area contributed by atoms with Gasteiger partial charge in [0.15, 0.2) is 0 Å². The first-order valence-corrected chi connectivity index (χ1v) is 8.23. The summed E-state index contributed by atoms with van der Waals surface area (Å²) in [6.07, 6.45) is 7.04. The molecule has 0 spiro atoms. The molecule has 1 N–H and O–H groups in total. The number of hydrogen-bond acceptors (Lipinski definition) is 4. The molecule has 4 heteroatoms. The summed E-state index contributed by atoms with van der Waals surface area (Å²) in [5.74, 6) is 1.13. The van der Waals surface area contributed by atoms with E-state index in [4.69, 9.17) is 9.47 Å². The van der Waals surface area contributed by atoms with Gasteiger partial charge < -0.3 is 9.47 Å². The highest BCUT2D eigenvalue weighted by Crippen LogP contribution is 2.41. The fraction of sp³-hybridized carbons (Fsp3) is 0.938.